The van der Waals surface area contributed by atoms with Crippen LogP contribution in [0.25, 0.3) is 22.8 Å². The van der Waals surface area contributed by atoms with Crippen molar-refractivity contribution in [1.29, 1.82) is 0 Å². The molecule has 0 amide bonds. The lowest BCUT2D eigenvalue weighted by atomic mass is 10.1. The van der Waals surface area contributed by atoms with Crippen molar-refractivity contribution in [2.24, 2.45) is 0 Å². The van der Waals surface area contributed by atoms with Crippen LogP contribution in [0.3, 0.4) is 0 Å². The molecule has 0 saturated carbocycles. The van der Waals surface area contributed by atoms with Crippen LogP contribution in [-0.2, 0) is 0 Å². The molecule has 0 bridgehead atoms. The van der Waals surface area contributed by atoms with E-state index in [0.29, 0.717) is 11.7 Å². The highest BCUT2D eigenvalue weighted by molar-refractivity contribution is 5.62. The second kappa shape index (κ2) is 4.65. The molecule has 0 radical (unpaired) electrons. The SMILES string of the molecule is Cc1cccc(-c2nc(-c3ccncc3C)no2)c1. The first kappa shape index (κ1) is 11.6. The molecule has 0 atom stereocenters. The number of aromatic nitrogens is 3. The molecular formula is C15H13N3O. The van der Waals surface area contributed by atoms with Gasteiger partial charge in [-0.2, -0.15) is 4.98 Å². The molecule has 4 nitrogen and oxygen atoms in total. The lowest BCUT2D eigenvalue weighted by Crippen LogP contribution is -1.86. The molecule has 0 unspecified atom stereocenters. The molecule has 1 aromatic carbocycles. The van der Waals surface area contributed by atoms with E-state index in [1.165, 1.54) is 0 Å². The van der Waals surface area contributed by atoms with Crippen molar-refractivity contribution in [3.05, 3.63) is 53.9 Å². The molecule has 3 aromatic rings. The van der Waals surface area contributed by atoms with Crippen molar-refractivity contribution >= 4 is 0 Å². The third kappa shape index (κ3) is 2.25. The summed E-state index contributed by atoms with van der Waals surface area (Å²) >= 11 is 0. The van der Waals surface area contributed by atoms with Gasteiger partial charge >= 0.3 is 0 Å². The summed E-state index contributed by atoms with van der Waals surface area (Å²) in [4.78, 5) is 8.51. The minimum atomic E-state index is 0.537. The lowest BCUT2D eigenvalue weighted by Gasteiger charge is -1.97. The fourth-order valence-corrected chi connectivity index (χ4v) is 1.95. The van der Waals surface area contributed by atoms with Crippen LogP contribution in [0, 0.1) is 13.8 Å². The molecule has 0 aliphatic rings. The zero-order valence-corrected chi connectivity index (χ0v) is 10.8. The standard InChI is InChI=1S/C15H13N3O/c1-10-4-3-5-12(8-10)15-17-14(18-19-15)13-6-7-16-9-11(13)2/h3-9H,1-2H3. The minimum Gasteiger partial charge on any atom is -0.334 e. The van der Waals surface area contributed by atoms with E-state index in [9.17, 15) is 0 Å². The number of hydrogen-bond donors (Lipinski definition) is 0. The summed E-state index contributed by atoms with van der Waals surface area (Å²) in [5.41, 5.74) is 4.07. The van der Waals surface area contributed by atoms with Crippen molar-refractivity contribution < 1.29 is 4.52 Å². The van der Waals surface area contributed by atoms with E-state index in [4.69, 9.17) is 4.52 Å². The van der Waals surface area contributed by atoms with E-state index >= 15 is 0 Å². The highest BCUT2D eigenvalue weighted by Gasteiger charge is 2.12. The molecule has 0 spiro atoms. The Morgan fingerprint density at radius 2 is 2.00 bits per heavy atom. The van der Waals surface area contributed by atoms with Gasteiger partial charge < -0.3 is 4.52 Å². The number of hydrogen-bond acceptors (Lipinski definition) is 4. The van der Waals surface area contributed by atoms with Crippen LogP contribution in [0.1, 0.15) is 11.1 Å². The summed E-state index contributed by atoms with van der Waals surface area (Å²) in [6.07, 6.45) is 3.52. The molecule has 0 N–H and O–H groups in total. The molecule has 0 aliphatic carbocycles. The van der Waals surface area contributed by atoms with Gasteiger partial charge in [-0.3, -0.25) is 4.98 Å². The summed E-state index contributed by atoms with van der Waals surface area (Å²) in [5, 5.41) is 4.04. The summed E-state index contributed by atoms with van der Waals surface area (Å²) in [6, 6.07) is 9.89. The van der Waals surface area contributed by atoms with E-state index in [1.807, 2.05) is 44.2 Å². The van der Waals surface area contributed by atoms with Crippen molar-refractivity contribution in [2.75, 3.05) is 0 Å². The predicted molar refractivity (Wildman–Crippen MR) is 72.4 cm³/mol. The van der Waals surface area contributed by atoms with Gasteiger partial charge in [0, 0.05) is 23.5 Å². The molecular weight excluding hydrogens is 238 g/mol. The maximum atomic E-state index is 5.33. The summed E-state index contributed by atoms with van der Waals surface area (Å²) in [6.45, 7) is 4.01. The Labute approximate surface area is 111 Å². The molecule has 0 aliphatic heterocycles. The van der Waals surface area contributed by atoms with Crippen LogP contribution in [-0.4, -0.2) is 15.1 Å². The van der Waals surface area contributed by atoms with Gasteiger partial charge in [0.1, 0.15) is 0 Å². The van der Waals surface area contributed by atoms with E-state index in [-0.39, 0.29) is 0 Å². The minimum absolute atomic E-state index is 0.537. The Hall–Kier alpha value is -2.49. The summed E-state index contributed by atoms with van der Waals surface area (Å²) < 4.78 is 5.33. The monoisotopic (exact) mass is 251 g/mol. The zero-order valence-electron chi connectivity index (χ0n) is 10.8. The fraction of sp³-hybridized carbons (Fsp3) is 0.133. The largest absolute Gasteiger partial charge is 0.334 e. The van der Waals surface area contributed by atoms with Crippen LogP contribution < -0.4 is 0 Å². The van der Waals surface area contributed by atoms with Crippen molar-refractivity contribution in [3.8, 4) is 22.8 Å². The van der Waals surface area contributed by atoms with E-state index < -0.39 is 0 Å². The van der Waals surface area contributed by atoms with Gasteiger partial charge in [-0.15, -0.1) is 0 Å². The van der Waals surface area contributed by atoms with E-state index in [1.54, 1.807) is 12.4 Å². The van der Waals surface area contributed by atoms with Gasteiger partial charge in [0.2, 0.25) is 5.82 Å². The quantitative estimate of drug-likeness (QED) is 0.700. The van der Waals surface area contributed by atoms with Gasteiger partial charge in [-0.25, -0.2) is 0 Å². The van der Waals surface area contributed by atoms with Gasteiger partial charge in [0.25, 0.3) is 5.89 Å². The maximum absolute atomic E-state index is 5.33. The van der Waals surface area contributed by atoms with Gasteiger partial charge in [0.15, 0.2) is 0 Å². The molecule has 19 heavy (non-hydrogen) atoms. The molecule has 2 heterocycles. The lowest BCUT2D eigenvalue weighted by molar-refractivity contribution is 0.432. The topological polar surface area (TPSA) is 51.8 Å². The average Bonchev–Trinajstić information content (AvgIpc) is 2.89. The number of rotatable bonds is 2. The van der Waals surface area contributed by atoms with Gasteiger partial charge in [-0.05, 0) is 37.6 Å². The van der Waals surface area contributed by atoms with Crippen LogP contribution in [0.2, 0.25) is 0 Å². The van der Waals surface area contributed by atoms with Crippen molar-refractivity contribution in [3.63, 3.8) is 0 Å². The van der Waals surface area contributed by atoms with E-state index in [0.717, 1.165) is 22.3 Å². The fourth-order valence-electron chi connectivity index (χ4n) is 1.95. The molecule has 0 fully saturated rings. The first-order chi connectivity index (χ1) is 9.24. The summed E-state index contributed by atoms with van der Waals surface area (Å²) in [5.74, 6) is 1.13. The smallest absolute Gasteiger partial charge is 0.258 e. The number of nitrogens with zero attached hydrogens (tertiary/aromatic N) is 3. The van der Waals surface area contributed by atoms with Crippen LogP contribution in [0.4, 0.5) is 0 Å². The first-order valence-electron chi connectivity index (χ1n) is 6.06. The van der Waals surface area contributed by atoms with Crippen LogP contribution in [0.15, 0.2) is 47.2 Å². The normalized spacial score (nSPS) is 10.6. The Morgan fingerprint density at radius 3 is 2.79 bits per heavy atom. The second-order valence-corrected chi connectivity index (χ2v) is 4.48. The number of benzene rings is 1. The Bertz CT molecular complexity index is 719. The van der Waals surface area contributed by atoms with Gasteiger partial charge in [0.05, 0.1) is 0 Å². The Kier molecular flexibility index (Phi) is 2.83. The maximum Gasteiger partial charge on any atom is 0.258 e. The molecule has 4 heteroatoms. The first-order valence-corrected chi connectivity index (χ1v) is 6.06. The molecule has 0 saturated heterocycles. The third-order valence-corrected chi connectivity index (χ3v) is 2.95. The summed E-state index contributed by atoms with van der Waals surface area (Å²) in [7, 11) is 0. The van der Waals surface area contributed by atoms with Crippen molar-refractivity contribution in [1.82, 2.24) is 15.1 Å². The zero-order chi connectivity index (χ0) is 13.2. The van der Waals surface area contributed by atoms with E-state index in [2.05, 4.69) is 15.1 Å². The predicted octanol–water partition coefficient (Wildman–Crippen LogP) is 3.42. The third-order valence-electron chi connectivity index (χ3n) is 2.95. The Morgan fingerprint density at radius 1 is 1.11 bits per heavy atom. The Balaban J connectivity index is 2.03. The highest BCUT2D eigenvalue weighted by Crippen LogP contribution is 2.24. The molecule has 94 valence electrons. The van der Waals surface area contributed by atoms with Crippen LogP contribution >= 0.6 is 0 Å². The average molecular weight is 251 g/mol. The van der Waals surface area contributed by atoms with Crippen LogP contribution in [0.5, 0.6) is 0 Å². The van der Waals surface area contributed by atoms with Gasteiger partial charge in [-0.1, -0.05) is 22.9 Å². The second-order valence-electron chi connectivity index (χ2n) is 4.48. The van der Waals surface area contributed by atoms with Crippen molar-refractivity contribution in [2.45, 2.75) is 13.8 Å². The number of aryl methyl sites for hydroxylation is 2. The highest BCUT2D eigenvalue weighted by atomic mass is 16.5. The molecule has 3 rings (SSSR count). The number of pyridine rings is 1. The molecule has 2 aromatic heterocycles.